The van der Waals surface area contributed by atoms with E-state index in [1.165, 1.54) is 6.42 Å². The van der Waals surface area contributed by atoms with E-state index < -0.39 is 0 Å². The van der Waals surface area contributed by atoms with Crippen LogP contribution in [0.25, 0.3) is 0 Å². The van der Waals surface area contributed by atoms with Gasteiger partial charge in [-0.3, -0.25) is 0 Å². The lowest BCUT2D eigenvalue weighted by molar-refractivity contribution is -0.145. The van der Waals surface area contributed by atoms with Crippen LogP contribution in [-0.4, -0.2) is 0 Å². The number of rotatable bonds is 1. The molecule has 0 nitrogen and oxygen atoms in total. The van der Waals surface area contributed by atoms with E-state index in [1.807, 2.05) is 0 Å². The van der Waals surface area contributed by atoms with E-state index in [-0.39, 0.29) is 0 Å². The molecule has 84 valence electrons. The second-order valence-electron chi connectivity index (χ2n) is 7.30. The van der Waals surface area contributed by atoms with E-state index in [0.29, 0.717) is 0 Å². The zero-order valence-corrected chi connectivity index (χ0v) is 10.0. The first-order valence-corrected chi connectivity index (χ1v) is 7.27. The smallest absolute Gasteiger partial charge is 0.0241 e. The van der Waals surface area contributed by atoms with E-state index in [1.54, 1.807) is 44.9 Å². The highest BCUT2D eigenvalue weighted by molar-refractivity contribution is 5.07. The maximum atomic E-state index is 2.68. The van der Waals surface area contributed by atoms with Gasteiger partial charge < -0.3 is 0 Å². The molecule has 0 amide bonds. The first kappa shape index (κ1) is 9.07. The topological polar surface area (TPSA) is 0 Å². The molecule has 15 heavy (non-hydrogen) atoms. The molecule has 0 aromatic heterocycles. The molecule has 0 radical (unpaired) electrons. The molecule has 0 heteroatoms. The molecule has 0 aromatic carbocycles. The van der Waals surface area contributed by atoms with Gasteiger partial charge in [0.05, 0.1) is 0 Å². The first-order chi connectivity index (χ1) is 7.27. The van der Waals surface area contributed by atoms with Crippen LogP contribution < -0.4 is 0 Å². The highest BCUT2D eigenvalue weighted by atomic mass is 14.6. The molecule has 5 rings (SSSR count). The fourth-order valence-electron chi connectivity index (χ4n) is 5.90. The van der Waals surface area contributed by atoms with Crippen LogP contribution in [0, 0.1) is 35.0 Å². The summed E-state index contributed by atoms with van der Waals surface area (Å²) in [6.07, 6.45) is 12.7. The summed E-state index contributed by atoms with van der Waals surface area (Å²) in [6.45, 7) is 2.68. The second-order valence-corrected chi connectivity index (χ2v) is 7.30. The monoisotopic (exact) mass is 204 g/mol. The summed E-state index contributed by atoms with van der Waals surface area (Å²) in [5.41, 5.74) is 0.797. The van der Waals surface area contributed by atoms with Gasteiger partial charge >= 0.3 is 0 Å². The van der Waals surface area contributed by atoms with Crippen molar-refractivity contribution in [3.05, 3.63) is 0 Å². The standard InChI is InChI=1S/C15H24/c1-15(12-3-2-4-12)13-6-10-5-11(8-13)9-14(15)7-10/h10-14H,2-9H2,1H3. The lowest BCUT2D eigenvalue weighted by atomic mass is 9.41. The van der Waals surface area contributed by atoms with Crippen molar-refractivity contribution < 1.29 is 0 Å². The van der Waals surface area contributed by atoms with Crippen molar-refractivity contribution in [2.24, 2.45) is 35.0 Å². The fraction of sp³-hybridized carbons (Fsp3) is 1.00. The van der Waals surface area contributed by atoms with E-state index in [2.05, 4.69) is 6.92 Å². The van der Waals surface area contributed by atoms with Crippen molar-refractivity contribution in [2.75, 3.05) is 0 Å². The van der Waals surface area contributed by atoms with Gasteiger partial charge in [0.15, 0.2) is 0 Å². The number of hydrogen-bond acceptors (Lipinski definition) is 0. The predicted molar refractivity (Wildman–Crippen MR) is 62.5 cm³/mol. The van der Waals surface area contributed by atoms with Crippen LogP contribution in [0.4, 0.5) is 0 Å². The normalized spacial score (nSPS) is 58.2. The molecular weight excluding hydrogens is 180 g/mol. The van der Waals surface area contributed by atoms with Gasteiger partial charge in [-0.15, -0.1) is 0 Å². The third kappa shape index (κ3) is 1.04. The molecule has 4 bridgehead atoms. The second kappa shape index (κ2) is 2.81. The Hall–Kier alpha value is 0. The van der Waals surface area contributed by atoms with Crippen LogP contribution in [0.2, 0.25) is 0 Å². The largest absolute Gasteiger partial charge is 0.0588 e. The summed E-state index contributed by atoms with van der Waals surface area (Å²) in [4.78, 5) is 0. The van der Waals surface area contributed by atoms with Crippen LogP contribution in [0.3, 0.4) is 0 Å². The van der Waals surface area contributed by atoms with E-state index in [9.17, 15) is 0 Å². The molecule has 0 N–H and O–H groups in total. The van der Waals surface area contributed by atoms with E-state index >= 15 is 0 Å². The molecule has 0 unspecified atom stereocenters. The van der Waals surface area contributed by atoms with Gasteiger partial charge in [0, 0.05) is 0 Å². The Balaban J connectivity index is 1.69. The molecule has 0 aromatic rings. The van der Waals surface area contributed by atoms with Gasteiger partial charge in [-0.05, 0) is 80.0 Å². The summed E-state index contributed by atoms with van der Waals surface area (Å²) >= 11 is 0. The van der Waals surface area contributed by atoms with Crippen molar-refractivity contribution in [1.29, 1.82) is 0 Å². The van der Waals surface area contributed by atoms with Gasteiger partial charge in [0.25, 0.3) is 0 Å². The predicted octanol–water partition coefficient (Wildman–Crippen LogP) is 4.25. The zero-order chi connectivity index (χ0) is 10.0. The Morgan fingerprint density at radius 2 is 1.27 bits per heavy atom. The Labute approximate surface area is 93.8 Å². The quantitative estimate of drug-likeness (QED) is 0.599. The Bertz CT molecular complexity index is 246. The Morgan fingerprint density at radius 3 is 1.67 bits per heavy atom. The maximum Gasteiger partial charge on any atom is -0.0241 e. The highest BCUT2D eigenvalue weighted by Gasteiger charge is 2.58. The Morgan fingerprint density at radius 1 is 0.733 bits per heavy atom. The molecule has 5 saturated carbocycles. The van der Waals surface area contributed by atoms with Gasteiger partial charge in [0.1, 0.15) is 0 Å². The molecular formula is C15H24. The molecule has 5 aliphatic rings. The van der Waals surface area contributed by atoms with Crippen molar-refractivity contribution in [2.45, 2.75) is 58.3 Å². The average Bonchev–Trinajstić information content (AvgIpc) is 2.10. The van der Waals surface area contributed by atoms with Crippen molar-refractivity contribution >= 4 is 0 Å². The highest BCUT2D eigenvalue weighted by Crippen LogP contribution is 2.67. The van der Waals surface area contributed by atoms with Gasteiger partial charge in [-0.2, -0.15) is 0 Å². The average molecular weight is 204 g/mol. The summed E-state index contributed by atoms with van der Waals surface area (Å²) in [7, 11) is 0. The van der Waals surface area contributed by atoms with E-state index in [0.717, 1.165) is 35.0 Å². The van der Waals surface area contributed by atoms with Crippen LogP contribution in [0.1, 0.15) is 58.3 Å². The van der Waals surface area contributed by atoms with Gasteiger partial charge in [-0.1, -0.05) is 13.3 Å². The molecule has 5 fully saturated rings. The SMILES string of the molecule is CC1(C2CCC2)C2CC3CC(C2)CC1C3. The third-order valence-corrected chi connectivity index (χ3v) is 6.88. The summed E-state index contributed by atoms with van der Waals surface area (Å²) in [5.74, 6) is 5.71. The summed E-state index contributed by atoms with van der Waals surface area (Å²) in [5, 5.41) is 0. The minimum Gasteiger partial charge on any atom is -0.0588 e. The van der Waals surface area contributed by atoms with Crippen molar-refractivity contribution in [3.8, 4) is 0 Å². The fourth-order valence-corrected chi connectivity index (χ4v) is 5.90. The van der Waals surface area contributed by atoms with Crippen LogP contribution in [-0.2, 0) is 0 Å². The Kier molecular flexibility index (Phi) is 1.70. The van der Waals surface area contributed by atoms with Crippen LogP contribution >= 0.6 is 0 Å². The summed E-state index contributed by atoms with van der Waals surface area (Å²) < 4.78 is 0. The van der Waals surface area contributed by atoms with Crippen LogP contribution in [0.15, 0.2) is 0 Å². The van der Waals surface area contributed by atoms with Crippen molar-refractivity contribution in [1.82, 2.24) is 0 Å². The molecule has 0 aliphatic heterocycles. The maximum absolute atomic E-state index is 2.68. The molecule has 0 heterocycles. The lowest BCUT2D eigenvalue weighted by Crippen LogP contribution is -2.55. The third-order valence-electron chi connectivity index (χ3n) is 6.88. The van der Waals surface area contributed by atoms with Crippen molar-refractivity contribution in [3.63, 3.8) is 0 Å². The molecule has 5 aliphatic carbocycles. The molecule has 0 atom stereocenters. The lowest BCUT2D eigenvalue weighted by Gasteiger charge is -2.64. The molecule has 0 spiro atoms. The van der Waals surface area contributed by atoms with Crippen LogP contribution in [0.5, 0.6) is 0 Å². The van der Waals surface area contributed by atoms with E-state index in [4.69, 9.17) is 0 Å². The minimum atomic E-state index is 0.797. The summed E-state index contributed by atoms with van der Waals surface area (Å²) in [6, 6.07) is 0. The first-order valence-electron chi connectivity index (χ1n) is 7.27. The molecule has 0 saturated heterocycles. The zero-order valence-electron chi connectivity index (χ0n) is 10.0. The van der Waals surface area contributed by atoms with Gasteiger partial charge in [-0.25, -0.2) is 0 Å². The van der Waals surface area contributed by atoms with Gasteiger partial charge in [0.2, 0.25) is 0 Å². The minimum absolute atomic E-state index is 0.797. The number of hydrogen-bond donors (Lipinski definition) is 0.